The monoisotopic (exact) mass is 332 g/mol. The predicted molar refractivity (Wildman–Crippen MR) is 85.8 cm³/mol. The molecule has 0 N–H and O–H groups in total. The molecule has 0 saturated carbocycles. The molecule has 4 nitrogen and oxygen atoms in total. The van der Waals surface area contributed by atoms with Gasteiger partial charge >= 0.3 is 7.60 Å². The summed E-state index contributed by atoms with van der Waals surface area (Å²) in [4.78, 5) is 5.29. The Bertz CT molecular complexity index is 488. The molecule has 0 spiro atoms. The highest BCUT2D eigenvalue weighted by molar-refractivity contribution is 8.16. The van der Waals surface area contributed by atoms with Crippen LogP contribution in [-0.2, 0) is 18.7 Å². The highest BCUT2D eigenvalue weighted by Crippen LogP contribution is 2.59. The summed E-state index contributed by atoms with van der Waals surface area (Å²) in [5, 5.41) is 1.36. The first-order valence-electron chi connectivity index (χ1n) is 6.07. The summed E-state index contributed by atoms with van der Waals surface area (Å²) in [5.41, 5.74) is 0.716. The van der Waals surface area contributed by atoms with E-state index in [1.807, 2.05) is 30.3 Å². The molecule has 1 aliphatic rings. The van der Waals surface area contributed by atoms with Gasteiger partial charge in [0.25, 0.3) is 0 Å². The number of thioether (sulfide) groups is 2. The number of benzene rings is 1. The van der Waals surface area contributed by atoms with Crippen molar-refractivity contribution in [3.05, 3.63) is 42.5 Å². The van der Waals surface area contributed by atoms with Crippen molar-refractivity contribution in [2.75, 3.05) is 23.7 Å². The molecule has 0 radical (unpaired) electrons. The van der Waals surface area contributed by atoms with Crippen LogP contribution in [0.3, 0.4) is 0 Å². The zero-order valence-corrected chi connectivity index (χ0v) is 13.7. The van der Waals surface area contributed by atoms with Gasteiger partial charge in [-0.15, -0.1) is 28.2 Å². The van der Waals surface area contributed by atoms with Crippen molar-refractivity contribution in [1.29, 1.82) is 0 Å². The zero-order valence-electron chi connectivity index (χ0n) is 11.2. The third-order valence-corrected chi connectivity index (χ3v) is 6.96. The van der Waals surface area contributed by atoms with E-state index in [0.717, 1.165) is 16.6 Å². The molecule has 20 heavy (non-hydrogen) atoms. The van der Waals surface area contributed by atoms with Crippen LogP contribution in [0, 0.1) is 0 Å². The molecule has 1 aromatic rings. The van der Waals surface area contributed by atoms with Gasteiger partial charge in [0.05, 0.1) is 5.31 Å². The number of rotatable bonds is 6. The molecule has 1 atom stereocenters. The van der Waals surface area contributed by atoms with Crippen molar-refractivity contribution >= 4 is 36.4 Å². The highest BCUT2D eigenvalue weighted by atomic mass is 32.2. The SMILES string of the molecule is C=C(c1ccccc1)P(=O)(OC)OOC1CSCSC1. The van der Waals surface area contributed by atoms with Crippen LogP contribution in [-0.4, -0.2) is 29.8 Å². The van der Waals surface area contributed by atoms with Gasteiger partial charge in [-0.25, -0.2) is 4.89 Å². The van der Waals surface area contributed by atoms with Gasteiger partial charge in [-0.3, -0.25) is 4.57 Å². The fourth-order valence-corrected chi connectivity index (χ4v) is 4.95. The Kier molecular flexibility index (Phi) is 6.20. The Hall–Kier alpha value is -0.230. The van der Waals surface area contributed by atoms with Crippen molar-refractivity contribution in [3.8, 4) is 0 Å². The van der Waals surface area contributed by atoms with Crippen molar-refractivity contribution in [3.63, 3.8) is 0 Å². The van der Waals surface area contributed by atoms with Gasteiger partial charge in [0, 0.05) is 23.7 Å². The fraction of sp³-hybridized carbons (Fsp3) is 0.385. The standard InChI is InChI=1S/C13H17O4PS2/c1-11(12-6-4-3-5-7-12)18(14,15-2)17-16-13-8-19-10-20-9-13/h3-7,13H,1,8-10H2,2H3. The predicted octanol–water partition coefficient (Wildman–Crippen LogP) is 4.25. The summed E-state index contributed by atoms with van der Waals surface area (Å²) < 4.78 is 22.8. The fourth-order valence-electron chi connectivity index (χ4n) is 1.61. The second-order valence-corrected chi connectivity index (χ2v) is 8.62. The maximum Gasteiger partial charge on any atom is 0.387 e. The Balaban J connectivity index is 2.01. The summed E-state index contributed by atoms with van der Waals surface area (Å²) in [5.74, 6) is 1.66. The van der Waals surface area contributed by atoms with Crippen LogP contribution in [0.5, 0.6) is 0 Å². The molecule has 0 bridgehead atoms. The summed E-state index contributed by atoms with van der Waals surface area (Å²) in [6, 6.07) is 9.18. The lowest BCUT2D eigenvalue weighted by Gasteiger charge is -2.23. The Morgan fingerprint density at radius 3 is 2.55 bits per heavy atom. The summed E-state index contributed by atoms with van der Waals surface area (Å²) in [6.07, 6.45) is -0.0780. The third kappa shape index (κ3) is 4.13. The van der Waals surface area contributed by atoms with Crippen LogP contribution < -0.4 is 0 Å². The molecule has 1 heterocycles. The Labute approximate surface area is 127 Å². The molecule has 1 aromatic carbocycles. The van der Waals surface area contributed by atoms with Crippen molar-refractivity contribution in [2.45, 2.75) is 6.10 Å². The molecule has 110 valence electrons. The molecular weight excluding hydrogens is 315 g/mol. The van der Waals surface area contributed by atoms with Crippen LogP contribution in [0.25, 0.3) is 5.31 Å². The highest BCUT2D eigenvalue weighted by Gasteiger charge is 2.32. The van der Waals surface area contributed by atoms with E-state index in [1.165, 1.54) is 7.11 Å². The number of hydrogen-bond donors (Lipinski definition) is 0. The van der Waals surface area contributed by atoms with Crippen LogP contribution >= 0.6 is 31.1 Å². The van der Waals surface area contributed by atoms with E-state index in [1.54, 1.807) is 23.5 Å². The maximum absolute atomic E-state index is 12.6. The minimum atomic E-state index is -3.52. The van der Waals surface area contributed by atoms with Crippen molar-refractivity contribution < 1.29 is 18.7 Å². The van der Waals surface area contributed by atoms with Crippen molar-refractivity contribution in [1.82, 2.24) is 0 Å². The van der Waals surface area contributed by atoms with E-state index in [4.69, 9.17) is 14.1 Å². The maximum atomic E-state index is 12.6. The second kappa shape index (κ2) is 7.69. The molecule has 7 heteroatoms. The lowest BCUT2D eigenvalue weighted by atomic mass is 10.2. The molecule has 1 aliphatic heterocycles. The van der Waals surface area contributed by atoms with Gasteiger partial charge < -0.3 is 4.52 Å². The molecule has 0 amide bonds. The van der Waals surface area contributed by atoms with Gasteiger partial charge in [-0.1, -0.05) is 36.9 Å². The first-order chi connectivity index (χ1) is 9.65. The first-order valence-corrected chi connectivity index (χ1v) is 9.92. The van der Waals surface area contributed by atoms with Crippen molar-refractivity contribution in [2.24, 2.45) is 0 Å². The van der Waals surface area contributed by atoms with Crippen LogP contribution in [0.15, 0.2) is 36.9 Å². The molecule has 1 unspecified atom stereocenters. The molecule has 1 fully saturated rings. The van der Waals surface area contributed by atoms with Gasteiger partial charge in [0.2, 0.25) is 0 Å². The van der Waals surface area contributed by atoms with E-state index in [0.29, 0.717) is 10.9 Å². The summed E-state index contributed by atoms with van der Waals surface area (Å²) in [6.45, 7) is 3.83. The molecular formula is C13H17O4PS2. The minimum Gasteiger partial charge on any atom is -0.307 e. The Morgan fingerprint density at radius 1 is 1.30 bits per heavy atom. The van der Waals surface area contributed by atoms with E-state index < -0.39 is 7.60 Å². The van der Waals surface area contributed by atoms with Crippen LogP contribution in [0.1, 0.15) is 5.56 Å². The quantitative estimate of drug-likeness (QED) is 0.441. The van der Waals surface area contributed by atoms with E-state index in [2.05, 4.69) is 6.58 Å². The van der Waals surface area contributed by atoms with Gasteiger partial charge in [0.15, 0.2) is 0 Å². The lowest BCUT2D eigenvalue weighted by molar-refractivity contribution is -0.236. The molecule has 1 saturated heterocycles. The largest absolute Gasteiger partial charge is 0.387 e. The number of hydrogen-bond acceptors (Lipinski definition) is 6. The zero-order chi connectivity index (χ0) is 14.4. The van der Waals surface area contributed by atoms with E-state index >= 15 is 0 Å². The molecule has 2 rings (SSSR count). The van der Waals surface area contributed by atoms with E-state index in [-0.39, 0.29) is 6.10 Å². The van der Waals surface area contributed by atoms with Crippen LogP contribution in [0.2, 0.25) is 0 Å². The lowest BCUT2D eigenvalue weighted by Crippen LogP contribution is -2.22. The second-order valence-electron chi connectivity index (χ2n) is 4.14. The van der Waals surface area contributed by atoms with E-state index in [9.17, 15) is 4.57 Å². The smallest absolute Gasteiger partial charge is 0.307 e. The topological polar surface area (TPSA) is 44.8 Å². The Morgan fingerprint density at radius 2 is 1.95 bits per heavy atom. The minimum absolute atomic E-state index is 0.0780. The average Bonchev–Trinajstić information content (AvgIpc) is 2.53. The first kappa shape index (κ1) is 16.1. The normalized spacial score (nSPS) is 19.4. The van der Waals surface area contributed by atoms with Gasteiger partial charge in [-0.2, -0.15) is 0 Å². The summed E-state index contributed by atoms with van der Waals surface area (Å²) in [7, 11) is -2.18. The molecule has 0 aliphatic carbocycles. The van der Waals surface area contributed by atoms with Gasteiger partial charge in [-0.05, 0) is 5.56 Å². The third-order valence-electron chi connectivity index (χ3n) is 2.73. The average molecular weight is 332 g/mol. The van der Waals surface area contributed by atoms with Crippen LogP contribution in [0.4, 0.5) is 0 Å². The summed E-state index contributed by atoms with van der Waals surface area (Å²) >= 11 is 3.54. The van der Waals surface area contributed by atoms with Gasteiger partial charge in [0.1, 0.15) is 6.10 Å². The molecule has 0 aromatic heterocycles.